The van der Waals surface area contributed by atoms with Gasteiger partial charge in [0, 0.05) is 25.8 Å². The molecule has 19 heteroatoms. The summed E-state index contributed by atoms with van der Waals surface area (Å²) in [5.74, 6) is -7.30. The molecule has 1 heterocycles. The van der Waals surface area contributed by atoms with E-state index in [0.29, 0.717) is 23.5 Å². The number of amides is 7. The molecule has 65 heavy (non-hydrogen) atoms. The lowest BCUT2D eigenvalue weighted by Gasteiger charge is -2.30. The van der Waals surface area contributed by atoms with Gasteiger partial charge in [0.2, 0.25) is 41.4 Å². The third-order valence-electron chi connectivity index (χ3n) is 11.0. The van der Waals surface area contributed by atoms with Crippen LogP contribution in [0.15, 0.2) is 54.6 Å². The zero-order valence-corrected chi connectivity index (χ0v) is 37.8. The van der Waals surface area contributed by atoms with Gasteiger partial charge in [0.05, 0.1) is 25.0 Å². The van der Waals surface area contributed by atoms with E-state index < -0.39 is 108 Å². The van der Waals surface area contributed by atoms with Crippen LogP contribution in [0.2, 0.25) is 0 Å². The van der Waals surface area contributed by atoms with Gasteiger partial charge in [0.1, 0.15) is 42.0 Å². The summed E-state index contributed by atoms with van der Waals surface area (Å²) in [6, 6.07) is 6.29. The van der Waals surface area contributed by atoms with E-state index >= 15 is 0 Å². The highest BCUT2D eigenvalue weighted by Crippen LogP contribution is 2.21. The second-order valence-electron chi connectivity index (χ2n) is 17.6. The highest BCUT2D eigenvalue weighted by Gasteiger charge is 2.42. The molecule has 0 radical (unpaired) electrons. The van der Waals surface area contributed by atoms with Crippen molar-refractivity contribution in [3.8, 4) is 5.75 Å². The van der Waals surface area contributed by atoms with Gasteiger partial charge >= 0.3 is 5.97 Å². The van der Waals surface area contributed by atoms with Crippen molar-refractivity contribution >= 4 is 47.3 Å². The Hall–Kier alpha value is -6.08. The summed E-state index contributed by atoms with van der Waals surface area (Å²) in [5, 5.41) is 53.1. The zero-order valence-electron chi connectivity index (χ0n) is 37.8. The van der Waals surface area contributed by atoms with Crippen LogP contribution in [-0.4, -0.2) is 128 Å². The number of benzene rings is 2. The van der Waals surface area contributed by atoms with E-state index in [9.17, 15) is 58.8 Å². The zero-order chi connectivity index (χ0) is 48.4. The predicted molar refractivity (Wildman–Crippen MR) is 238 cm³/mol. The van der Waals surface area contributed by atoms with Gasteiger partial charge in [-0.2, -0.15) is 0 Å². The number of hydrogen-bond donors (Lipinski definition) is 10. The number of primary amides is 1. The molecule has 3 rings (SSSR count). The maximum Gasteiger partial charge on any atom is 0.326 e. The molecule has 2 aromatic rings. The van der Waals surface area contributed by atoms with Crippen LogP contribution in [0.1, 0.15) is 97.1 Å². The van der Waals surface area contributed by atoms with Gasteiger partial charge in [-0.1, -0.05) is 95.8 Å². The summed E-state index contributed by atoms with van der Waals surface area (Å²) in [7, 11) is 0. The molecule has 2 aromatic carbocycles. The number of nitrogens with zero attached hydrogens (tertiary/aromatic N) is 1. The monoisotopic (exact) mass is 909 g/mol. The Morgan fingerprint density at radius 2 is 1.31 bits per heavy atom. The van der Waals surface area contributed by atoms with Crippen molar-refractivity contribution in [3.63, 3.8) is 0 Å². The number of carbonyl (C=O) groups excluding carboxylic acids is 7. The third kappa shape index (κ3) is 18.1. The first-order valence-electron chi connectivity index (χ1n) is 22.1. The number of unbranched alkanes of at least 4 members (excludes halogenated alkanes) is 2. The van der Waals surface area contributed by atoms with Crippen LogP contribution in [0, 0.1) is 11.8 Å². The fourth-order valence-corrected chi connectivity index (χ4v) is 7.44. The van der Waals surface area contributed by atoms with Gasteiger partial charge in [-0.25, -0.2) is 4.79 Å². The first-order valence-corrected chi connectivity index (χ1v) is 22.1. The first kappa shape index (κ1) is 53.3. The molecule has 0 aromatic heterocycles. The Kier molecular flexibility index (Phi) is 21.3. The Labute approximate surface area is 379 Å². The largest absolute Gasteiger partial charge is 0.508 e. The van der Waals surface area contributed by atoms with E-state index in [1.54, 1.807) is 44.2 Å². The Bertz CT molecular complexity index is 1930. The van der Waals surface area contributed by atoms with E-state index in [2.05, 4.69) is 40.4 Å². The lowest BCUT2D eigenvalue weighted by molar-refractivity contribution is -0.142. The number of carboxylic acids is 1. The molecular formula is C46H67N7O12. The summed E-state index contributed by atoms with van der Waals surface area (Å²) in [6.45, 7) is 8.54. The molecule has 11 N–H and O–H groups in total. The normalized spacial score (nSPS) is 17.5. The van der Waals surface area contributed by atoms with Crippen LogP contribution in [-0.2, 0) is 51.2 Å². The smallest absolute Gasteiger partial charge is 0.326 e. The van der Waals surface area contributed by atoms with E-state index in [4.69, 9.17) is 5.73 Å². The number of phenolic OH excluding ortho intramolecular Hbond substituents is 1. The number of carbonyl (C=O) groups is 8. The van der Waals surface area contributed by atoms with Crippen molar-refractivity contribution in [2.75, 3.05) is 6.54 Å². The molecule has 1 aliphatic rings. The molecule has 0 aliphatic carbocycles. The third-order valence-corrected chi connectivity index (χ3v) is 11.0. The number of nitrogens with one attached hydrogen (secondary N) is 5. The number of hydrogen-bond acceptors (Lipinski definition) is 11. The maximum atomic E-state index is 14.2. The van der Waals surface area contributed by atoms with Gasteiger partial charge < -0.3 is 57.6 Å². The molecular weight excluding hydrogens is 843 g/mol. The molecule has 358 valence electrons. The lowest BCUT2D eigenvalue weighted by Crippen LogP contribution is -2.60. The van der Waals surface area contributed by atoms with Crippen molar-refractivity contribution in [2.45, 2.75) is 147 Å². The van der Waals surface area contributed by atoms with Crippen LogP contribution in [0.3, 0.4) is 0 Å². The average molecular weight is 910 g/mol. The number of rotatable bonds is 26. The van der Waals surface area contributed by atoms with E-state index in [1.807, 2.05) is 0 Å². The predicted octanol–water partition coefficient (Wildman–Crippen LogP) is 0.557. The molecule has 1 saturated heterocycles. The molecule has 0 saturated carbocycles. The molecule has 8 atom stereocenters. The second-order valence-corrected chi connectivity index (χ2v) is 17.6. The summed E-state index contributed by atoms with van der Waals surface area (Å²) in [4.78, 5) is 107. The van der Waals surface area contributed by atoms with E-state index in [0.717, 1.165) is 30.6 Å². The van der Waals surface area contributed by atoms with Crippen molar-refractivity contribution in [1.82, 2.24) is 31.5 Å². The Morgan fingerprint density at radius 1 is 0.708 bits per heavy atom. The minimum Gasteiger partial charge on any atom is -0.508 e. The number of aromatic hydroxyl groups is 1. The number of β-amino-alcohol motifs (C(OH)–C–C–N with tert-alkyl or cyclic N) is 1. The van der Waals surface area contributed by atoms with Crippen LogP contribution in [0.5, 0.6) is 5.75 Å². The fraction of sp³-hybridized carbons (Fsp3) is 0.565. The van der Waals surface area contributed by atoms with E-state index in [1.165, 1.54) is 31.2 Å². The van der Waals surface area contributed by atoms with Gasteiger partial charge in [0.15, 0.2) is 0 Å². The van der Waals surface area contributed by atoms with Crippen molar-refractivity contribution in [2.24, 2.45) is 17.6 Å². The quantitative estimate of drug-likeness (QED) is 0.0580. The molecule has 0 bridgehead atoms. The van der Waals surface area contributed by atoms with Crippen molar-refractivity contribution in [3.05, 3.63) is 65.7 Å². The minimum atomic E-state index is -1.64. The topological polar surface area (TPSA) is 307 Å². The molecule has 1 unspecified atom stereocenters. The lowest BCUT2D eigenvalue weighted by atomic mass is 10.0. The van der Waals surface area contributed by atoms with Gasteiger partial charge in [-0.15, -0.1) is 0 Å². The summed E-state index contributed by atoms with van der Waals surface area (Å²) in [6.07, 6.45) is 0.880. The number of aliphatic hydroxyl groups excluding tert-OH is 2. The van der Waals surface area contributed by atoms with Crippen LogP contribution in [0.25, 0.3) is 0 Å². The SMILES string of the molecule is CC(C)CCCCCC(O)CC(=O)N[C@H](Cc1ccccc1)C(=O)N1C[C@H](O)C[C@H]1C(=O)N[C@H](C)C(=O)N[C@H](C(=O)N[C@H](CC(N)=O)C(=O)N[C@@H](Cc1ccc(O)cc1)C(=O)O)C(C)C. The molecule has 1 aliphatic heterocycles. The fourth-order valence-electron chi connectivity index (χ4n) is 7.44. The Morgan fingerprint density at radius 3 is 1.91 bits per heavy atom. The standard InChI is InChI=1S/C46H67N7O12/c1-26(2)12-8-6-11-15-32(55)23-39(58)49-35(20-29-13-9-7-10-14-29)45(63)53-25-33(56)22-37(53)43(61)48-28(5)41(59)52-40(27(3)4)44(62)50-34(24-38(47)57)42(60)51-36(46(64)65)21-30-16-18-31(54)19-17-30/h7,9-10,13-14,16-19,26-28,32-37,40,54-56H,6,8,11-12,15,20-25H2,1-5H3,(H2,47,57)(H,48,61)(H,49,58)(H,50,62)(H,51,60)(H,52,59)(H,64,65)/t28-,32?,33-,34-,35-,36+,37+,40+/m1/s1. The van der Waals surface area contributed by atoms with Gasteiger partial charge in [0.25, 0.3) is 0 Å². The minimum absolute atomic E-state index is 0.0526. The highest BCUT2D eigenvalue weighted by molar-refractivity contribution is 5.98. The average Bonchev–Trinajstić information content (AvgIpc) is 3.63. The van der Waals surface area contributed by atoms with Crippen LogP contribution >= 0.6 is 0 Å². The number of aliphatic hydroxyl groups is 2. The maximum absolute atomic E-state index is 14.2. The number of phenols is 1. The van der Waals surface area contributed by atoms with E-state index in [-0.39, 0.29) is 38.0 Å². The van der Waals surface area contributed by atoms with Crippen LogP contribution < -0.4 is 32.3 Å². The molecule has 19 nitrogen and oxygen atoms in total. The van der Waals surface area contributed by atoms with Gasteiger partial charge in [-0.05, 0) is 48.4 Å². The highest BCUT2D eigenvalue weighted by atomic mass is 16.4. The van der Waals surface area contributed by atoms with Gasteiger partial charge in [-0.3, -0.25) is 33.6 Å². The van der Waals surface area contributed by atoms with Crippen LogP contribution in [0.4, 0.5) is 0 Å². The summed E-state index contributed by atoms with van der Waals surface area (Å²) >= 11 is 0. The Balaban J connectivity index is 1.68. The number of carboxylic acid groups (broad SMARTS) is 1. The second kappa shape index (κ2) is 26.0. The number of likely N-dealkylation sites (tertiary alicyclic amines) is 1. The molecule has 1 fully saturated rings. The first-order chi connectivity index (χ1) is 30.6. The summed E-state index contributed by atoms with van der Waals surface area (Å²) in [5.41, 5.74) is 6.53. The van der Waals surface area contributed by atoms with Crippen molar-refractivity contribution < 1.29 is 58.8 Å². The molecule has 7 amide bonds. The number of aliphatic carboxylic acids is 1. The summed E-state index contributed by atoms with van der Waals surface area (Å²) < 4.78 is 0. The number of nitrogens with two attached hydrogens (primary N) is 1. The van der Waals surface area contributed by atoms with Crippen molar-refractivity contribution in [1.29, 1.82) is 0 Å². The molecule has 0 spiro atoms.